The maximum Gasteiger partial charge on any atom is 0.416 e. The second kappa shape index (κ2) is 10.3. The highest BCUT2D eigenvalue weighted by Gasteiger charge is 2.31. The number of carbonyl (C=O) groups excluding carboxylic acids is 2. The maximum atomic E-state index is 12.9. The van der Waals surface area contributed by atoms with Crippen LogP contribution in [0.25, 0.3) is 0 Å². The number of anilines is 2. The van der Waals surface area contributed by atoms with E-state index in [4.69, 9.17) is 0 Å². The van der Waals surface area contributed by atoms with Crippen LogP contribution >= 0.6 is 11.3 Å². The number of benzene rings is 1. The molecule has 0 radical (unpaired) electrons. The SMILES string of the molecule is CC(C)Cc1nnc(NC(=O)CCC(=O)N2CCN(c3cccc(C(F)(F)F)c3)CC2)s1. The summed E-state index contributed by atoms with van der Waals surface area (Å²) in [5.41, 5.74) is -0.202. The number of piperazine rings is 1. The van der Waals surface area contributed by atoms with Gasteiger partial charge in [0.05, 0.1) is 5.56 Å². The van der Waals surface area contributed by atoms with Crippen molar-refractivity contribution in [2.75, 3.05) is 36.4 Å². The summed E-state index contributed by atoms with van der Waals surface area (Å²) >= 11 is 1.33. The standard InChI is InChI=1S/C21H26F3N5O2S/c1-14(2)12-18-26-27-20(32-18)25-17(30)6-7-19(31)29-10-8-28(9-11-29)16-5-3-4-15(13-16)21(22,23)24/h3-5,13-14H,6-12H2,1-2H3,(H,25,27,30). The fourth-order valence-electron chi connectivity index (χ4n) is 3.39. The Kier molecular flexibility index (Phi) is 7.70. The van der Waals surface area contributed by atoms with Gasteiger partial charge in [-0.2, -0.15) is 13.2 Å². The number of aromatic nitrogens is 2. The Morgan fingerprint density at radius 1 is 1.12 bits per heavy atom. The van der Waals surface area contributed by atoms with Crippen LogP contribution < -0.4 is 10.2 Å². The van der Waals surface area contributed by atoms with Gasteiger partial charge in [-0.15, -0.1) is 10.2 Å². The lowest BCUT2D eigenvalue weighted by Crippen LogP contribution is -2.48. The van der Waals surface area contributed by atoms with Crippen LogP contribution in [0, 0.1) is 5.92 Å². The third kappa shape index (κ3) is 6.65. The van der Waals surface area contributed by atoms with Crippen LogP contribution in [0.4, 0.5) is 24.0 Å². The summed E-state index contributed by atoms with van der Waals surface area (Å²) in [7, 11) is 0. The van der Waals surface area contributed by atoms with E-state index in [0.717, 1.165) is 23.6 Å². The fraction of sp³-hybridized carbons (Fsp3) is 0.524. The Morgan fingerprint density at radius 3 is 2.50 bits per heavy atom. The summed E-state index contributed by atoms with van der Waals surface area (Å²) in [4.78, 5) is 28.1. The predicted octanol–water partition coefficient (Wildman–Crippen LogP) is 3.82. The smallest absolute Gasteiger partial charge is 0.368 e. The van der Waals surface area contributed by atoms with Gasteiger partial charge in [-0.25, -0.2) is 0 Å². The number of amides is 2. The molecule has 1 aliphatic heterocycles. The molecule has 0 spiro atoms. The zero-order valence-electron chi connectivity index (χ0n) is 18.0. The number of alkyl halides is 3. The number of halogens is 3. The Hall–Kier alpha value is -2.69. The second-order valence-corrected chi connectivity index (χ2v) is 9.13. The van der Waals surface area contributed by atoms with Gasteiger partial charge in [0.15, 0.2) is 0 Å². The maximum absolute atomic E-state index is 12.9. The number of hydrogen-bond acceptors (Lipinski definition) is 6. The molecule has 11 heteroatoms. The van der Waals surface area contributed by atoms with Gasteiger partial charge < -0.3 is 15.1 Å². The largest absolute Gasteiger partial charge is 0.416 e. The summed E-state index contributed by atoms with van der Waals surface area (Å²) in [6, 6.07) is 5.19. The van der Waals surface area contributed by atoms with Crippen LogP contribution in [0.2, 0.25) is 0 Å². The molecule has 1 N–H and O–H groups in total. The van der Waals surface area contributed by atoms with Gasteiger partial charge in [0, 0.05) is 51.1 Å². The molecule has 1 saturated heterocycles. The molecular formula is C21H26F3N5O2S. The Morgan fingerprint density at radius 2 is 1.84 bits per heavy atom. The molecule has 1 fully saturated rings. The molecule has 174 valence electrons. The summed E-state index contributed by atoms with van der Waals surface area (Å²) in [6.45, 7) is 5.80. The molecule has 0 saturated carbocycles. The van der Waals surface area contributed by atoms with Gasteiger partial charge in [0.1, 0.15) is 5.01 Å². The van der Waals surface area contributed by atoms with E-state index in [1.165, 1.54) is 17.4 Å². The number of nitrogens with zero attached hydrogens (tertiary/aromatic N) is 4. The van der Waals surface area contributed by atoms with Crippen LogP contribution in [-0.2, 0) is 22.2 Å². The predicted molar refractivity (Wildman–Crippen MR) is 117 cm³/mol. The van der Waals surface area contributed by atoms with Gasteiger partial charge in [0.25, 0.3) is 0 Å². The molecule has 0 bridgehead atoms. The van der Waals surface area contributed by atoms with Crippen molar-refractivity contribution in [2.45, 2.75) is 39.3 Å². The van der Waals surface area contributed by atoms with E-state index in [1.54, 1.807) is 11.0 Å². The third-order valence-corrected chi connectivity index (χ3v) is 5.89. The Balaban J connectivity index is 1.43. The van der Waals surface area contributed by atoms with E-state index in [9.17, 15) is 22.8 Å². The van der Waals surface area contributed by atoms with Crippen LogP contribution in [-0.4, -0.2) is 53.1 Å². The fourth-order valence-corrected chi connectivity index (χ4v) is 4.36. The third-order valence-electron chi connectivity index (χ3n) is 5.03. The van der Waals surface area contributed by atoms with E-state index in [0.29, 0.717) is 42.9 Å². The minimum absolute atomic E-state index is 0.0335. The van der Waals surface area contributed by atoms with Crippen molar-refractivity contribution in [2.24, 2.45) is 5.92 Å². The van der Waals surface area contributed by atoms with Crippen molar-refractivity contribution >= 4 is 34.0 Å². The zero-order valence-corrected chi connectivity index (χ0v) is 18.8. The topological polar surface area (TPSA) is 78.4 Å². The van der Waals surface area contributed by atoms with Gasteiger partial charge in [0.2, 0.25) is 16.9 Å². The van der Waals surface area contributed by atoms with Crippen LogP contribution in [0.3, 0.4) is 0 Å². The minimum Gasteiger partial charge on any atom is -0.368 e. The lowest BCUT2D eigenvalue weighted by atomic mass is 10.1. The number of nitrogens with one attached hydrogen (secondary N) is 1. The van der Waals surface area contributed by atoms with Gasteiger partial charge >= 0.3 is 6.18 Å². The lowest BCUT2D eigenvalue weighted by Gasteiger charge is -2.36. The highest BCUT2D eigenvalue weighted by atomic mass is 32.1. The number of hydrogen-bond donors (Lipinski definition) is 1. The van der Waals surface area contributed by atoms with Crippen LogP contribution in [0.1, 0.15) is 37.3 Å². The van der Waals surface area contributed by atoms with Crippen LogP contribution in [0.15, 0.2) is 24.3 Å². The minimum atomic E-state index is -4.39. The molecule has 32 heavy (non-hydrogen) atoms. The van der Waals surface area contributed by atoms with E-state index in [2.05, 4.69) is 29.4 Å². The zero-order chi connectivity index (χ0) is 23.3. The van der Waals surface area contributed by atoms with Gasteiger partial charge in [-0.1, -0.05) is 31.3 Å². The molecule has 2 amide bonds. The van der Waals surface area contributed by atoms with E-state index in [-0.39, 0.29) is 24.7 Å². The quantitative estimate of drug-likeness (QED) is 0.667. The monoisotopic (exact) mass is 469 g/mol. The average Bonchev–Trinajstić information content (AvgIpc) is 3.17. The number of rotatable bonds is 7. The first-order chi connectivity index (χ1) is 15.1. The Labute approximate surface area is 188 Å². The first-order valence-corrected chi connectivity index (χ1v) is 11.3. The molecule has 3 rings (SSSR count). The summed E-state index contributed by atoms with van der Waals surface area (Å²) < 4.78 is 38.8. The van der Waals surface area contributed by atoms with Gasteiger partial charge in [-0.05, 0) is 24.1 Å². The van der Waals surface area contributed by atoms with E-state index in [1.807, 2.05) is 4.90 Å². The molecule has 0 atom stereocenters. The van der Waals surface area contributed by atoms with Crippen molar-refractivity contribution in [3.05, 3.63) is 34.8 Å². The summed E-state index contributed by atoms with van der Waals surface area (Å²) in [5, 5.41) is 11.9. The van der Waals surface area contributed by atoms with E-state index < -0.39 is 11.7 Å². The summed E-state index contributed by atoms with van der Waals surface area (Å²) in [5.74, 6) is -0.00651. The normalized spacial score (nSPS) is 14.7. The first-order valence-electron chi connectivity index (χ1n) is 10.4. The highest BCUT2D eigenvalue weighted by molar-refractivity contribution is 7.15. The molecule has 0 unspecified atom stereocenters. The highest BCUT2D eigenvalue weighted by Crippen LogP contribution is 2.32. The Bertz CT molecular complexity index is 940. The molecule has 7 nitrogen and oxygen atoms in total. The van der Waals surface area contributed by atoms with Crippen molar-refractivity contribution in [1.29, 1.82) is 0 Å². The first kappa shape index (κ1) is 24.0. The lowest BCUT2D eigenvalue weighted by molar-refractivity contribution is -0.137. The molecule has 1 aromatic carbocycles. The average molecular weight is 470 g/mol. The molecule has 0 aliphatic carbocycles. The molecule has 2 aromatic rings. The van der Waals surface area contributed by atoms with E-state index >= 15 is 0 Å². The van der Waals surface area contributed by atoms with Crippen molar-refractivity contribution in [1.82, 2.24) is 15.1 Å². The van der Waals surface area contributed by atoms with Gasteiger partial charge in [-0.3, -0.25) is 9.59 Å². The van der Waals surface area contributed by atoms with Crippen molar-refractivity contribution < 1.29 is 22.8 Å². The van der Waals surface area contributed by atoms with Crippen LogP contribution in [0.5, 0.6) is 0 Å². The molecule has 1 aliphatic rings. The molecule has 1 aromatic heterocycles. The second-order valence-electron chi connectivity index (χ2n) is 8.06. The summed E-state index contributed by atoms with van der Waals surface area (Å²) in [6.07, 6.45) is -3.50. The molecule has 2 heterocycles. The number of carbonyl (C=O) groups is 2. The molecular weight excluding hydrogens is 443 g/mol. The van der Waals surface area contributed by atoms with Crippen molar-refractivity contribution in [3.8, 4) is 0 Å². The van der Waals surface area contributed by atoms with Crippen molar-refractivity contribution in [3.63, 3.8) is 0 Å².